The SMILES string of the molecule is COc1ccc2c(C(O)C3CCCCN3)cc3cc(OC)c(OC)cc3c2c1. The Morgan fingerprint density at radius 1 is 0.893 bits per heavy atom. The topological polar surface area (TPSA) is 60.0 Å². The van der Waals surface area contributed by atoms with Gasteiger partial charge in [-0.05, 0) is 76.8 Å². The number of aliphatic hydroxyl groups excluding tert-OH is 1. The van der Waals surface area contributed by atoms with Crippen molar-refractivity contribution >= 4 is 21.5 Å². The quantitative estimate of drug-likeness (QED) is 0.649. The number of hydrogen-bond donors (Lipinski definition) is 2. The lowest BCUT2D eigenvalue weighted by Gasteiger charge is -2.29. The smallest absolute Gasteiger partial charge is 0.161 e. The minimum absolute atomic E-state index is 0.0663. The second kappa shape index (κ2) is 7.86. The predicted molar refractivity (Wildman–Crippen MR) is 112 cm³/mol. The van der Waals surface area contributed by atoms with Gasteiger partial charge in [0.2, 0.25) is 0 Å². The van der Waals surface area contributed by atoms with E-state index in [2.05, 4.69) is 11.4 Å². The minimum atomic E-state index is -0.575. The number of rotatable bonds is 5. The van der Waals surface area contributed by atoms with Crippen molar-refractivity contribution in [2.75, 3.05) is 27.9 Å². The van der Waals surface area contributed by atoms with E-state index < -0.39 is 6.10 Å². The van der Waals surface area contributed by atoms with Crippen molar-refractivity contribution in [3.05, 3.63) is 42.0 Å². The van der Waals surface area contributed by atoms with Crippen LogP contribution in [0.25, 0.3) is 21.5 Å². The molecular formula is C23H27NO4. The van der Waals surface area contributed by atoms with E-state index in [1.54, 1.807) is 21.3 Å². The molecule has 0 bridgehead atoms. The molecule has 0 aromatic heterocycles. The molecule has 28 heavy (non-hydrogen) atoms. The van der Waals surface area contributed by atoms with Crippen LogP contribution in [0.2, 0.25) is 0 Å². The largest absolute Gasteiger partial charge is 0.497 e. The van der Waals surface area contributed by atoms with E-state index in [0.29, 0.717) is 11.5 Å². The van der Waals surface area contributed by atoms with E-state index in [-0.39, 0.29) is 6.04 Å². The molecule has 2 N–H and O–H groups in total. The maximum Gasteiger partial charge on any atom is 0.161 e. The van der Waals surface area contributed by atoms with Crippen molar-refractivity contribution in [3.8, 4) is 17.2 Å². The van der Waals surface area contributed by atoms with Gasteiger partial charge in [-0.15, -0.1) is 0 Å². The molecule has 0 saturated carbocycles. The number of fused-ring (bicyclic) bond motifs is 3. The van der Waals surface area contributed by atoms with Gasteiger partial charge in [0.15, 0.2) is 11.5 Å². The number of nitrogens with one attached hydrogen (secondary N) is 1. The first kappa shape index (κ1) is 18.8. The third-order valence-electron chi connectivity index (χ3n) is 5.74. The molecule has 1 saturated heterocycles. The summed E-state index contributed by atoms with van der Waals surface area (Å²) >= 11 is 0. The molecule has 4 rings (SSSR count). The molecule has 1 aliphatic rings. The van der Waals surface area contributed by atoms with Crippen LogP contribution in [0.3, 0.4) is 0 Å². The van der Waals surface area contributed by atoms with Gasteiger partial charge in [-0.3, -0.25) is 0 Å². The van der Waals surface area contributed by atoms with E-state index in [1.807, 2.05) is 30.3 Å². The molecule has 0 spiro atoms. The summed E-state index contributed by atoms with van der Waals surface area (Å²) in [4.78, 5) is 0. The fourth-order valence-electron chi connectivity index (χ4n) is 4.23. The summed E-state index contributed by atoms with van der Waals surface area (Å²) < 4.78 is 16.5. The Morgan fingerprint density at radius 3 is 2.36 bits per heavy atom. The van der Waals surface area contributed by atoms with Gasteiger partial charge >= 0.3 is 0 Å². The maximum atomic E-state index is 11.2. The Bertz CT molecular complexity index is 995. The molecule has 0 radical (unpaired) electrons. The van der Waals surface area contributed by atoms with Crippen LogP contribution in [0.15, 0.2) is 36.4 Å². The van der Waals surface area contributed by atoms with Crippen molar-refractivity contribution in [1.29, 1.82) is 0 Å². The van der Waals surface area contributed by atoms with Crippen molar-refractivity contribution in [2.45, 2.75) is 31.4 Å². The lowest BCUT2D eigenvalue weighted by molar-refractivity contribution is 0.115. The van der Waals surface area contributed by atoms with Crippen molar-refractivity contribution < 1.29 is 19.3 Å². The normalized spacial score (nSPS) is 18.2. The van der Waals surface area contributed by atoms with Crippen LogP contribution in [0.5, 0.6) is 17.2 Å². The first-order chi connectivity index (χ1) is 13.7. The Labute approximate surface area is 165 Å². The highest BCUT2D eigenvalue weighted by molar-refractivity contribution is 6.10. The van der Waals surface area contributed by atoms with Crippen LogP contribution in [0, 0.1) is 0 Å². The summed E-state index contributed by atoms with van der Waals surface area (Å²) in [6, 6.07) is 12.1. The zero-order valence-electron chi connectivity index (χ0n) is 16.6. The molecule has 1 fully saturated rings. The van der Waals surface area contributed by atoms with E-state index in [1.165, 1.54) is 0 Å². The Hall–Kier alpha value is -2.50. The van der Waals surface area contributed by atoms with Crippen LogP contribution >= 0.6 is 0 Å². The lowest BCUT2D eigenvalue weighted by atomic mass is 9.89. The Morgan fingerprint density at radius 2 is 1.68 bits per heavy atom. The molecule has 1 heterocycles. The van der Waals surface area contributed by atoms with Gasteiger partial charge in [0.05, 0.1) is 27.4 Å². The third kappa shape index (κ3) is 3.25. The van der Waals surface area contributed by atoms with Crippen LogP contribution in [-0.4, -0.2) is 39.0 Å². The van der Waals surface area contributed by atoms with E-state index >= 15 is 0 Å². The van der Waals surface area contributed by atoms with Gasteiger partial charge in [-0.25, -0.2) is 0 Å². The van der Waals surface area contributed by atoms with E-state index in [0.717, 1.165) is 58.7 Å². The lowest BCUT2D eigenvalue weighted by Crippen LogP contribution is -2.38. The summed E-state index contributed by atoms with van der Waals surface area (Å²) in [6.07, 6.45) is 2.70. The van der Waals surface area contributed by atoms with Gasteiger partial charge < -0.3 is 24.6 Å². The summed E-state index contributed by atoms with van der Waals surface area (Å²) in [5.41, 5.74) is 0.928. The van der Waals surface area contributed by atoms with E-state index in [9.17, 15) is 5.11 Å². The highest BCUT2D eigenvalue weighted by Gasteiger charge is 2.25. The van der Waals surface area contributed by atoms with Gasteiger partial charge in [0, 0.05) is 6.04 Å². The summed E-state index contributed by atoms with van der Waals surface area (Å²) in [7, 11) is 4.94. The molecule has 2 unspecified atom stereocenters. The molecule has 5 heteroatoms. The first-order valence-corrected chi connectivity index (χ1v) is 9.74. The monoisotopic (exact) mass is 381 g/mol. The standard InChI is InChI=1S/C23H27NO4/c1-26-15-7-8-16-18(12-15)17-13-22(28-3)21(27-2)11-14(17)10-19(16)23(25)20-6-4-5-9-24-20/h7-8,10-13,20,23-25H,4-6,9H2,1-3H3. The highest BCUT2D eigenvalue weighted by Crippen LogP contribution is 2.40. The molecule has 3 aromatic carbocycles. The van der Waals surface area contributed by atoms with Gasteiger partial charge in [0.25, 0.3) is 0 Å². The first-order valence-electron chi connectivity index (χ1n) is 9.74. The second-order valence-electron chi connectivity index (χ2n) is 7.31. The van der Waals surface area contributed by atoms with Crippen LogP contribution in [-0.2, 0) is 0 Å². The van der Waals surface area contributed by atoms with Crippen LogP contribution in [0.4, 0.5) is 0 Å². The molecule has 0 aliphatic carbocycles. The maximum absolute atomic E-state index is 11.2. The molecule has 3 aromatic rings. The van der Waals surface area contributed by atoms with Gasteiger partial charge in [-0.1, -0.05) is 12.5 Å². The molecule has 148 valence electrons. The number of piperidine rings is 1. The molecule has 1 aliphatic heterocycles. The predicted octanol–water partition coefficient (Wildman–Crippen LogP) is 4.19. The van der Waals surface area contributed by atoms with Crippen LogP contribution < -0.4 is 19.5 Å². The number of hydrogen-bond acceptors (Lipinski definition) is 5. The molecule has 2 atom stereocenters. The average Bonchev–Trinajstić information content (AvgIpc) is 2.77. The number of ether oxygens (including phenoxy) is 3. The van der Waals surface area contributed by atoms with Crippen molar-refractivity contribution in [3.63, 3.8) is 0 Å². The fraction of sp³-hybridized carbons (Fsp3) is 0.391. The Balaban J connectivity index is 1.97. The summed E-state index contributed by atoms with van der Waals surface area (Å²) in [5, 5.41) is 18.8. The Kier molecular flexibility index (Phi) is 5.29. The molecule has 5 nitrogen and oxygen atoms in total. The summed E-state index contributed by atoms with van der Waals surface area (Å²) in [5.74, 6) is 2.14. The number of methoxy groups -OCH3 is 3. The van der Waals surface area contributed by atoms with Crippen LogP contribution in [0.1, 0.15) is 30.9 Å². The van der Waals surface area contributed by atoms with Gasteiger partial charge in [0.1, 0.15) is 5.75 Å². The molecule has 0 amide bonds. The molecular weight excluding hydrogens is 354 g/mol. The summed E-state index contributed by atoms with van der Waals surface area (Å²) in [6.45, 7) is 0.950. The van der Waals surface area contributed by atoms with Gasteiger partial charge in [-0.2, -0.15) is 0 Å². The fourth-order valence-corrected chi connectivity index (χ4v) is 4.23. The minimum Gasteiger partial charge on any atom is -0.497 e. The van der Waals surface area contributed by atoms with Crippen molar-refractivity contribution in [2.24, 2.45) is 0 Å². The zero-order chi connectivity index (χ0) is 19.7. The van der Waals surface area contributed by atoms with E-state index in [4.69, 9.17) is 14.2 Å². The second-order valence-corrected chi connectivity index (χ2v) is 7.31. The number of benzene rings is 3. The van der Waals surface area contributed by atoms with Crippen molar-refractivity contribution in [1.82, 2.24) is 5.32 Å². The zero-order valence-corrected chi connectivity index (χ0v) is 16.6. The average molecular weight is 381 g/mol. The number of aliphatic hydroxyl groups is 1. The highest BCUT2D eigenvalue weighted by atomic mass is 16.5. The third-order valence-corrected chi connectivity index (χ3v) is 5.74.